The number of amides is 1. The monoisotopic (exact) mass is 222 g/mol. The highest BCUT2D eigenvalue weighted by Gasteiger charge is 2.10. The highest BCUT2D eigenvalue weighted by atomic mass is 16.5. The zero-order valence-corrected chi connectivity index (χ0v) is 9.93. The second-order valence-electron chi connectivity index (χ2n) is 4.06. The zero-order chi connectivity index (χ0) is 12.0. The molecule has 16 heavy (non-hydrogen) atoms. The summed E-state index contributed by atoms with van der Waals surface area (Å²) in [7, 11) is 0. The molecule has 0 aromatic carbocycles. The number of carbonyl (C=O) groups excluding carboxylic acids is 1. The van der Waals surface area contributed by atoms with Crippen LogP contribution in [-0.2, 0) is 4.79 Å². The highest BCUT2D eigenvalue weighted by Crippen LogP contribution is 2.03. The molecule has 0 bridgehead atoms. The Hall–Kier alpha value is -1.58. The number of ether oxygens (including phenoxy) is 1. The van der Waals surface area contributed by atoms with Crippen LogP contribution in [0.15, 0.2) is 24.4 Å². The Morgan fingerprint density at radius 2 is 2.19 bits per heavy atom. The molecule has 0 aliphatic rings. The van der Waals surface area contributed by atoms with Gasteiger partial charge in [0, 0.05) is 18.3 Å². The molecule has 4 nitrogen and oxygen atoms in total. The molecule has 0 radical (unpaired) electrons. The van der Waals surface area contributed by atoms with E-state index in [1.807, 2.05) is 13.0 Å². The van der Waals surface area contributed by atoms with Crippen molar-refractivity contribution in [3.63, 3.8) is 0 Å². The molecule has 1 unspecified atom stereocenters. The number of hydrogen-bond acceptors (Lipinski definition) is 3. The van der Waals surface area contributed by atoms with Crippen LogP contribution in [0.25, 0.3) is 0 Å². The Morgan fingerprint density at radius 3 is 2.75 bits per heavy atom. The van der Waals surface area contributed by atoms with E-state index in [4.69, 9.17) is 4.74 Å². The Labute approximate surface area is 96.0 Å². The van der Waals surface area contributed by atoms with Crippen molar-refractivity contribution in [2.24, 2.45) is 5.92 Å². The van der Waals surface area contributed by atoms with E-state index in [2.05, 4.69) is 24.1 Å². The van der Waals surface area contributed by atoms with Crippen molar-refractivity contribution in [1.82, 2.24) is 10.3 Å². The number of rotatable bonds is 5. The van der Waals surface area contributed by atoms with Gasteiger partial charge in [0.2, 0.25) is 5.88 Å². The number of carbonyl (C=O) groups is 1. The molecule has 1 atom stereocenters. The summed E-state index contributed by atoms with van der Waals surface area (Å²) in [4.78, 5) is 15.4. The molecule has 0 aliphatic heterocycles. The third-order valence-corrected chi connectivity index (χ3v) is 2.38. The van der Waals surface area contributed by atoms with Crippen molar-refractivity contribution < 1.29 is 9.53 Å². The molecule has 0 aliphatic carbocycles. The van der Waals surface area contributed by atoms with Crippen LogP contribution in [0.5, 0.6) is 5.88 Å². The van der Waals surface area contributed by atoms with Gasteiger partial charge >= 0.3 is 0 Å². The molecular weight excluding hydrogens is 204 g/mol. The van der Waals surface area contributed by atoms with Crippen molar-refractivity contribution in [2.75, 3.05) is 6.61 Å². The first kappa shape index (κ1) is 12.5. The molecule has 1 rings (SSSR count). The van der Waals surface area contributed by atoms with Gasteiger partial charge in [0.05, 0.1) is 0 Å². The lowest BCUT2D eigenvalue weighted by molar-refractivity contribution is -0.124. The maximum absolute atomic E-state index is 11.5. The van der Waals surface area contributed by atoms with Crippen molar-refractivity contribution in [2.45, 2.75) is 26.8 Å². The number of hydrogen-bond donors (Lipinski definition) is 1. The van der Waals surface area contributed by atoms with Gasteiger partial charge in [-0.25, -0.2) is 4.98 Å². The van der Waals surface area contributed by atoms with Gasteiger partial charge in [-0.15, -0.1) is 0 Å². The molecule has 4 heteroatoms. The molecule has 1 N–H and O–H groups in total. The number of aromatic nitrogens is 1. The van der Waals surface area contributed by atoms with E-state index >= 15 is 0 Å². The van der Waals surface area contributed by atoms with Crippen molar-refractivity contribution in [3.05, 3.63) is 24.4 Å². The second-order valence-corrected chi connectivity index (χ2v) is 4.06. The van der Waals surface area contributed by atoms with Crippen LogP contribution in [0.2, 0.25) is 0 Å². The molecule has 0 spiro atoms. The van der Waals surface area contributed by atoms with Gasteiger partial charge in [-0.2, -0.15) is 0 Å². The molecular formula is C12H18N2O2. The smallest absolute Gasteiger partial charge is 0.258 e. The predicted molar refractivity (Wildman–Crippen MR) is 62.2 cm³/mol. The standard InChI is InChI=1S/C12H18N2O2/c1-9(2)10(3)14-11(15)8-16-12-6-4-5-7-13-12/h4-7,9-10H,8H2,1-3H3,(H,14,15). The fraction of sp³-hybridized carbons (Fsp3) is 0.500. The highest BCUT2D eigenvalue weighted by molar-refractivity contribution is 5.77. The molecule has 1 heterocycles. The summed E-state index contributed by atoms with van der Waals surface area (Å²) in [6, 6.07) is 5.49. The van der Waals surface area contributed by atoms with Gasteiger partial charge in [0.1, 0.15) is 0 Å². The number of pyridine rings is 1. The largest absolute Gasteiger partial charge is 0.468 e. The third kappa shape index (κ3) is 4.29. The van der Waals surface area contributed by atoms with Crippen LogP contribution in [0.3, 0.4) is 0 Å². The van der Waals surface area contributed by atoms with Crippen molar-refractivity contribution in [1.29, 1.82) is 0 Å². The minimum Gasteiger partial charge on any atom is -0.468 e. The number of nitrogens with one attached hydrogen (secondary N) is 1. The lowest BCUT2D eigenvalue weighted by Crippen LogP contribution is -2.39. The van der Waals surface area contributed by atoms with E-state index < -0.39 is 0 Å². The summed E-state index contributed by atoms with van der Waals surface area (Å²) in [6.07, 6.45) is 1.63. The lowest BCUT2D eigenvalue weighted by atomic mass is 10.1. The summed E-state index contributed by atoms with van der Waals surface area (Å²) in [5, 5.41) is 2.86. The fourth-order valence-corrected chi connectivity index (χ4v) is 1.03. The molecule has 0 saturated carbocycles. The molecule has 0 fully saturated rings. The molecule has 0 saturated heterocycles. The first-order valence-electron chi connectivity index (χ1n) is 5.43. The SMILES string of the molecule is CC(C)C(C)NC(=O)COc1ccccn1. The summed E-state index contributed by atoms with van der Waals surface area (Å²) < 4.78 is 5.23. The minimum absolute atomic E-state index is 0.00801. The van der Waals surface area contributed by atoms with Gasteiger partial charge in [-0.1, -0.05) is 19.9 Å². The van der Waals surface area contributed by atoms with E-state index in [1.165, 1.54) is 0 Å². The van der Waals surface area contributed by atoms with Crippen molar-refractivity contribution >= 4 is 5.91 Å². The van der Waals surface area contributed by atoms with Crippen LogP contribution in [-0.4, -0.2) is 23.5 Å². The maximum Gasteiger partial charge on any atom is 0.258 e. The fourth-order valence-electron chi connectivity index (χ4n) is 1.03. The van der Waals surface area contributed by atoms with Crippen LogP contribution >= 0.6 is 0 Å². The van der Waals surface area contributed by atoms with Gasteiger partial charge in [-0.3, -0.25) is 4.79 Å². The van der Waals surface area contributed by atoms with E-state index in [-0.39, 0.29) is 18.6 Å². The maximum atomic E-state index is 11.5. The average molecular weight is 222 g/mol. The zero-order valence-electron chi connectivity index (χ0n) is 9.93. The summed E-state index contributed by atoms with van der Waals surface area (Å²) in [6.45, 7) is 6.10. The first-order chi connectivity index (χ1) is 7.59. The lowest BCUT2D eigenvalue weighted by Gasteiger charge is -2.17. The Kier molecular flexibility index (Phi) is 4.76. The summed E-state index contributed by atoms with van der Waals surface area (Å²) >= 11 is 0. The van der Waals surface area contributed by atoms with Gasteiger partial charge < -0.3 is 10.1 Å². The normalized spacial score (nSPS) is 12.2. The molecule has 88 valence electrons. The van der Waals surface area contributed by atoms with Crippen LogP contribution in [0.4, 0.5) is 0 Å². The average Bonchev–Trinajstić information content (AvgIpc) is 2.27. The second kappa shape index (κ2) is 6.10. The van der Waals surface area contributed by atoms with E-state index in [1.54, 1.807) is 18.3 Å². The van der Waals surface area contributed by atoms with E-state index in [0.717, 1.165) is 0 Å². The molecule has 1 aromatic heterocycles. The predicted octanol–water partition coefficient (Wildman–Crippen LogP) is 1.62. The molecule has 1 amide bonds. The first-order valence-corrected chi connectivity index (χ1v) is 5.43. The quantitative estimate of drug-likeness (QED) is 0.823. The van der Waals surface area contributed by atoms with Crippen LogP contribution in [0, 0.1) is 5.92 Å². The summed E-state index contributed by atoms with van der Waals surface area (Å²) in [5.41, 5.74) is 0. The van der Waals surface area contributed by atoms with Crippen molar-refractivity contribution in [3.8, 4) is 5.88 Å². The van der Waals surface area contributed by atoms with Crippen LogP contribution < -0.4 is 10.1 Å². The van der Waals surface area contributed by atoms with Gasteiger partial charge in [0.25, 0.3) is 5.91 Å². The Balaban J connectivity index is 2.31. The third-order valence-electron chi connectivity index (χ3n) is 2.38. The summed E-state index contributed by atoms with van der Waals surface area (Å²) in [5.74, 6) is 0.764. The minimum atomic E-state index is -0.119. The van der Waals surface area contributed by atoms with E-state index in [0.29, 0.717) is 11.8 Å². The number of nitrogens with zero attached hydrogens (tertiary/aromatic N) is 1. The van der Waals surface area contributed by atoms with Gasteiger partial charge in [0.15, 0.2) is 6.61 Å². The topological polar surface area (TPSA) is 51.2 Å². The Bertz CT molecular complexity index is 325. The van der Waals surface area contributed by atoms with E-state index in [9.17, 15) is 4.79 Å². The van der Waals surface area contributed by atoms with Crippen LogP contribution in [0.1, 0.15) is 20.8 Å². The van der Waals surface area contributed by atoms with Gasteiger partial charge in [-0.05, 0) is 18.9 Å². The molecule has 1 aromatic rings. The Morgan fingerprint density at radius 1 is 1.44 bits per heavy atom.